The van der Waals surface area contributed by atoms with Crippen molar-refractivity contribution in [2.24, 2.45) is 0 Å². The second kappa shape index (κ2) is 4.09. The molecule has 0 saturated heterocycles. The molecule has 2 atom stereocenters. The van der Waals surface area contributed by atoms with Gasteiger partial charge in [0, 0.05) is 6.04 Å². The molecule has 13 heavy (non-hydrogen) atoms. The van der Waals surface area contributed by atoms with Crippen LogP contribution in [0.1, 0.15) is 17.2 Å². The minimum absolute atomic E-state index is 0. The van der Waals surface area contributed by atoms with E-state index in [4.69, 9.17) is 0 Å². The van der Waals surface area contributed by atoms with Crippen LogP contribution in [0.5, 0.6) is 0 Å². The van der Waals surface area contributed by atoms with E-state index in [0.29, 0.717) is 0 Å². The Kier molecular flexibility index (Phi) is 3.31. The zero-order chi connectivity index (χ0) is 8.55. The Labute approximate surface area is 84.4 Å². The predicted octanol–water partition coefficient (Wildman–Crippen LogP) is 1.29. The lowest BCUT2D eigenvalue weighted by Gasteiger charge is -2.12. The molecule has 0 amide bonds. The molecule has 0 aliphatic heterocycles. The van der Waals surface area contributed by atoms with Crippen molar-refractivity contribution in [2.45, 2.75) is 18.6 Å². The zero-order valence-corrected chi connectivity index (χ0v) is 8.34. The zero-order valence-electron chi connectivity index (χ0n) is 7.53. The number of aliphatic hydroxyl groups excluding tert-OH is 1. The molecule has 1 aliphatic carbocycles. The molecule has 2 N–H and O–H groups in total. The standard InChI is InChI=1S/C10H13NO.ClH/c1-11-9-6-7-4-2-3-5-8(7)10(9)12;/h2-5,9-12H,6H2,1H3;1H/t9-,10+;/m1./s1. The van der Waals surface area contributed by atoms with Gasteiger partial charge in [-0.3, -0.25) is 0 Å². The Morgan fingerprint density at radius 3 is 2.69 bits per heavy atom. The van der Waals surface area contributed by atoms with E-state index in [1.165, 1.54) is 5.56 Å². The first-order valence-corrected chi connectivity index (χ1v) is 4.26. The normalized spacial score (nSPS) is 25.1. The third-order valence-corrected chi connectivity index (χ3v) is 2.57. The van der Waals surface area contributed by atoms with Crippen molar-refractivity contribution in [3.05, 3.63) is 35.4 Å². The second-order valence-corrected chi connectivity index (χ2v) is 3.24. The van der Waals surface area contributed by atoms with E-state index in [1.807, 2.05) is 25.2 Å². The minimum Gasteiger partial charge on any atom is -0.387 e. The Bertz CT molecular complexity index is 290. The van der Waals surface area contributed by atoms with Crippen molar-refractivity contribution in [1.82, 2.24) is 5.32 Å². The van der Waals surface area contributed by atoms with Crippen molar-refractivity contribution in [3.8, 4) is 0 Å². The first-order valence-electron chi connectivity index (χ1n) is 4.26. The monoisotopic (exact) mass is 199 g/mol. The fourth-order valence-corrected chi connectivity index (χ4v) is 1.83. The fourth-order valence-electron chi connectivity index (χ4n) is 1.83. The summed E-state index contributed by atoms with van der Waals surface area (Å²) in [6.45, 7) is 0. The lowest BCUT2D eigenvalue weighted by Crippen LogP contribution is -2.29. The highest BCUT2D eigenvalue weighted by Crippen LogP contribution is 2.30. The van der Waals surface area contributed by atoms with Crippen molar-refractivity contribution >= 4 is 12.4 Å². The van der Waals surface area contributed by atoms with E-state index in [0.717, 1.165) is 12.0 Å². The molecule has 0 unspecified atom stereocenters. The van der Waals surface area contributed by atoms with Gasteiger partial charge in [0.15, 0.2) is 0 Å². The molecule has 2 rings (SSSR count). The van der Waals surface area contributed by atoms with Gasteiger partial charge in [0.2, 0.25) is 0 Å². The van der Waals surface area contributed by atoms with Gasteiger partial charge in [-0.2, -0.15) is 0 Å². The Hall–Kier alpha value is -0.570. The van der Waals surface area contributed by atoms with Crippen LogP contribution in [0.15, 0.2) is 24.3 Å². The number of halogens is 1. The van der Waals surface area contributed by atoms with Crippen molar-refractivity contribution in [1.29, 1.82) is 0 Å². The molecule has 0 radical (unpaired) electrons. The Balaban J connectivity index is 0.000000845. The third-order valence-electron chi connectivity index (χ3n) is 2.57. The van der Waals surface area contributed by atoms with Gasteiger partial charge in [-0.1, -0.05) is 24.3 Å². The minimum atomic E-state index is -0.328. The van der Waals surface area contributed by atoms with Gasteiger partial charge in [0.25, 0.3) is 0 Å². The van der Waals surface area contributed by atoms with Crippen LogP contribution in [0.25, 0.3) is 0 Å². The molecular formula is C10H14ClNO. The summed E-state index contributed by atoms with van der Waals surface area (Å²) in [6, 6.07) is 8.26. The quantitative estimate of drug-likeness (QED) is 0.715. The van der Waals surface area contributed by atoms with Crippen molar-refractivity contribution in [2.75, 3.05) is 7.05 Å². The van der Waals surface area contributed by atoms with Crippen LogP contribution in [0, 0.1) is 0 Å². The van der Waals surface area contributed by atoms with Crippen LogP contribution in [0.2, 0.25) is 0 Å². The molecule has 0 bridgehead atoms. The van der Waals surface area contributed by atoms with E-state index in [9.17, 15) is 5.11 Å². The maximum absolute atomic E-state index is 9.78. The highest BCUT2D eigenvalue weighted by molar-refractivity contribution is 5.85. The Morgan fingerprint density at radius 2 is 2.08 bits per heavy atom. The van der Waals surface area contributed by atoms with Gasteiger partial charge in [-0.15, -0.1) is 12.4 Å². The van der Waals surface area contributed by atoms with Crippen molar-refractivity contribution < 1.29 is 5.11 Å². The number of rotatable bonds is 1. The number of fused-ring (bicyclic) bond motifs is 1. The largest absolute Gasteiger partial charge is 0.387 e. The number of hydrogen-bond donors (Lipinski definition) is 2. The summed E-state index contributed by atoms with van der Waals surface area (Å²) in [4.78, 5) is 0. The topological polar surface area (TPSA) is 32.3 Å². The lowest BCUT2D eigenvalue weighted by atomic mass is 10.1. The maximum atomic E-state index is 9.78. The van der Waals surface area contributed by atoms with E-state index < -0.39 is 0 Å². The summed E-state index contributed by atoms with van der Waals surface area (Å²) in [5.74, 6) is 0. The molecule has 1 aromatic carbocycles. The van der Waals surface area contributed by atoms with Crippen LogP contribution in [-0.2, 0) is 6.42 Å². The van der Waals surface area contributed by atoms with Crippen molar-refractivity contribution in [3.63, 3.8) is 0 Å². The van der Waals surface area contributed by atoms with Crippen LogP contribution in [-0.4, -0.2) is 18.2 Å². The van der Waals surface area contributed by atoms with E-state index in [2.05, 4.69) is 11.4 Å². The summed E-state index contributed by atoms with van der Waals surface area (Å²) < 4.78 is 0. The van der Waals surface area contributed by atoms with Gasteiger partial charge in [0.1, 0.15) is 0 Å². The van der Waals surface area contributed by atoms with Gasteiger partial charge in [0.05, 0.1) is 6.10 Å². The molecule has 0 fully saturated rings. The van der Waals surface area contributed by atoms with Crippen LogP contribution in [0.3, 0.4) is 0 Å². The highest BCUT2D eigenvalue weighted by atomic mass is 35.5. The van der Waals surface area contributed by atoms with E-state index >= 15 is 0 Å². The third kappa shape index (κ3) is 1.70. The highest BCUT2D eigenvalue weighted by Gasteiger charge is 2.28. The predicted molar refractivity (Wildman–Crippen MR) is 55.2 cm³/mol. The SMILES string of the molecule is CN[C@@H]1Cc2ccccc2[C@@H]1O.Cl. The maximum Gasteiger partial charge on any atom is 0.0948 e. The molecule has 72 valence electrons. The van der Waals surface area contributed by atoms with Crippen LogP contribution in [0.4, 0.5) is 0 Å². The summed E-state index contributed by atoms with van der Waals surface area (Å²) in [6.07, 6.45) is 0.611. The van der Waals surface area contributed by atoms with E-state index in [-0.39, 0.29) is 24.6 Å². The molecule has 3 heteroatoms. The lowest BCUT2D eigenvalue weighted by molar-refractivity contribution is 0.146. The van der Waals surface area contributed by atoms with Gasteiger partial charge < -0.3 is 10.4 Å². The molecule has 0 heterocycles. The van der Waals surface area contributed by atoms with E-state index in [1.54, 1.807) is 0 Å². The second-order valence-electron chi connectivity index (χ2n) is 3.24. The van der Waals surface area contributed by atoms with Crippen LogP contribution < -0.4 is 5.32 Å². The van der Waals surface area contributed by atoms with Gasteiger partial charge >= 0.3 is 0 Å². The number of hydrogen-bond acceptors (Lipinski definition) is 2. The molecule has 2 nitrogen and oxygen atoms in total. The smallest absolute Gasteiger partial charge is 0.0948 e. The molecular weight excluding hydrogens is 186 g/mol. The summed E-state index contributed by atoms with van der Waals surface area (Å²) in [7, 11) is 1.89. The fraction of sp³-hybridized carbons (Fsp3) is 0.400. The Morgan fingerprint density at radius 1 is 1.38 bits per heavy atom. The van der Waals surface area contributed by atoms with Gasteiger partial charge in [-0.25, -0.2) is 0 Å². The summed E-state index contributed by atoms with van der Waals surface area (Å²) >= 11 is 0. The molecule has 1 aliphatic rings. The first-order chi connectivity index (χ1) is 5.83. The van der Waals surface area contributed by atoms with Gasteiger partial charge in [-0.05, 0) is 24.6 Å². The number of likely N-dealkylation sites (N-methyl/N-ethyl adjacent to an activating group) is 1. The molecule has 0 spiro atoms. The number of nitrogens with one attached hydrogen (secondary N) is 1. The molecule has 1 aromatic rings. The number of aliphatic hydroxyl groups is 1. The average Bonchev–Trinajstić information content (AvgIpc) is 2.44. The molecule has 0 aromatic heterocycles. The number of benzene rings is 1. The average molecular weight is 200 g/mol. The van der Waals surface area contributed by atoms with Crippen LogP contribution >= 0.6 is 12.4 Å². The summed E-state index contributed by atoms with van der Waals surface area (Å²) in [5, 5.41) is 12.9. The molecule has 0 saturated carbocycles. The summed E-state index contributed by atoms with van der Waals surface area (Å²) in [5.41, 5.74) is 2.35. The first kappa shape index (κ1) is 10.5.